The van der Waals surface area contributed by atoms with Gasteiger partial charge in [-0.15, -0.1) is 0 Å². The number of nitrogens with one attached hydrogen (secondary N) is 1. The first kappa shape index (κ1) is 15.9. The normalized spacial score (nSPS) is 15.7. The second kappa shape index (κ2) is 7.54. The van der Waals surface area contributed by atoms with E-state index in [9.17, 15) is 9.18 Å². The summed E-state index contributed by atoms with van der Waals surface area (Å²) in [6, 6.07) is 4.83. The molecule has 1 aromatic rings. The first-order valence-electron chi connectivity index (χ1n) is 6.96. The van der Waals surface area contributed by atoms with Gasteiger partial charge < -0.3 is 0 Å². The van der Waals surface area contributed by atoms with E-state index in [2.05, 4.69) is 16.4 Å². The summed E-state index contributed by atoms with van der Waals surface area (Å²) in [4.78, 5) is 13.3. The van der Waals surface area contributed by atoms with Crippen molar-refractivity contribution in [2.75, 3.05) is 19.6 Å². The molecule has 1 heterocycles. The highest BCUT2D eigenvalue weighted by atomic mass is 35.5. The van der Waals surface area contributed by atoms with Crippen molar-refractivity contribution in [2.24, 2.45) is 5.84 Å². The quantitative estimate of drug-likeness (QED) is 0.498. The van der Waals surface area contributed by atoms with Crippen LogP contribution in [0.3, 0.4) is 0 Å². The lowest BCUT2D eigenvalue weighted by Gasteiger charge is -2.26. The Balaban J connectivity index is 1.86. The minimum Gasteiger partial charge on any atom is -0.299 e. The molecule has 2 rings (SSSR count). The minimum absolute atomic E-state index is 0.135. The molecule has 6 heteroatoms. The predicted molar refractivity (Wildman–Crippen MR) is 82.0 cm³/mol. The molecule has 1 aliphatic heterocycles. The van der Waals surface area contributed by atoms with Crippen molar-refractivity contribution in [2.45, 2.75) is 19.3 Å². The van der Waals surface area contributed by atoms with Crippen LogP contribution in [0.5, 0.6) is 0 Å². The van der Waals surface area contributed by atoms with Gasteiger partial charge in [-0.2, -0.15) is 0 Å². The molecule has 0 fully saturated rings. The van der Waals surface area contributed by atoms with Gasteiger partial charge in [-0.05, 0) is 42.7 Å². The molecule has 0 radical (unpaired) electrons. The van der Waals surface area contributed by atoms with E-state index in [1.165, 1.54) is 11.6 Å². The van der Waals surface area contributed by atoms with Gasteiger partial charge in [0.15, 0.2) is 0 Å². The Kier molecular flexibility index (Phi) is 5.73. The molecule has 21 heavy (non-hydrogen) atoms. The van der Waals surface area contributed by atoms with Crippen molar-refractivity contribution in [1.29, 1.82) is 0 Å². The lowest BCUT2D eigenvalue weighted by Crippen LogP contribution is -2.32. The molecule has 0 aromatic heterocycles. The third-order valence-corrected chi connectivity index (χ3v) is 3.91. The van der Waals surface area contributed by atoms with Crippen LogP contribution in [0.4, 0.5) is 4.39 Å². The van der Waals surface area contributed by atoms with Gasteiger partial charge in [-0.3, -0.25) is 15.1 Å². The average Bonchev–Trinajstić information content (AvgIpc) is 2.50. The van der Waals surface area contributed by atoms with Crippen LogP contribution in [-0.2, 0) is 4.79 Å². The number of amides is 1. The Morgan fingerprint density at radius 2 is 2.29 bits per heavy atom. The van der Waals surface area contributed by atoms with Crippen LogP contribution >= 0.6 is 11.6 Å². The maximum absolute atomic E-state index is 13.2. The molecule has 0 aliphatic carbocycles. The number of hydrazine groups is 1. The number of benzene rings is 1. The number of nitrogens with zero attached hydrogens (tertiary/aromatic N) is 1. The number of rotatable bonds is 5. The molecule has 1 aliphatic rings. The standard InChI is InChI=1S/C15H19ClFN3O/c16-13-10-12(3-4-14(13)17)11-5-8-20(9-6-11)7-1-2-15(21)19-18/h3-5,10H,1-2,6-9,18H2,(H,19,21). The van der Waals surface area contributed by atoms with E-state index in [1.807, 2.05) is 0 Å². The van der Waals surface area contributed by atoms with Gasteiger partial charge in [0.25, 0.3) is 0 Å². The highest BCUT2D eigenvalue weighted by Gasteiger charge is 2.14. The second-order valence-corrected chi connectivity index (χ2v) is 5.49. The topological polar surface area (TPSA) is 58.4 Å². The summed E-state index contributed by atoms with van der Waals surface area (Å²) in [5.74, 6) is 4.51. The average molecular weight is 312 g/mol. The monoisotopic (exact) mass is 311 g/mol. The summed E-state index contributed by atoms with van der Waals surface area (Å²) < 4.78 is 13.2. The summed E-state index contributed by atoms with van der Waals surface area (Å²) in [5, 5.41) is 0.156. The zero-order valence-corrected chi connectivity index (χ0v) is 12.5. The van der Waals surface area contributed by atoms with Crippen molar-refractivity contribution in [3.63, 3.8) is 0 Å². The number of halogens is 2. The third-order valence-electron chi connectivity index (χ3n) is 3.62. The Labute approximate surface area is 128 Å². The maximum atomic E-state index is 13.2. The fourth-order valence-electron chi connectivity index (χ4n) is 2.41. The van der Waals surface area contributed by atoms with E-state index in [0.717, 1.165) is 38.0 Å². The van der Waals surface area contributed by atoms with E-state index < -0.39 is 5.82 Å². The van der Waals surface area contributed by atoms with E-state index in [4.69, 9.17) is 17.4 Å². The third kappa shape index (κ3) is 4.52. The smallest absolute Gasteiger partial charge is 0.233 e. The molecule has 4 nitrogen and oxygen atoms in total. The van der Waals surface area contributed by atoms with Gasteiger partial charge in [-0.1, -0.05) is 23.7 Å². The Bertz CT molecular complexity index is 548. The van der Waals surface area contributed by atoms with Crippen molar-refractivity contribution in [3.8, 4) is 0 Å². The SMILES string of the molecule is NNC(=O)CCCN1CC=C(c2ccc(F)c(Cl)c2)CC1. The van der Waals surface area contributed by atoms with Crippen LogP contribution in [0.25, 0.3) is 5.57 Å². The summed E-state index contributed by atoms with van der Waals surface area (Å²) in [5.41, 5.74) is 4.29. The van der Waals surface area contributed by atoms with Gasteiger partial charge in [0.05, 0.1) is 5.02 Å². The van der Waals surface area contributed by atoms with E-state index in [-0.39, 0.29) is 10.9 Å². The van der Waals surface area contributed by atoms with Gasteiger partial charge in [0.2, 0.25) is 5.91 Å². The Morgan fingerprint density at radius 1 is 1.48 bits per heavy atom. The maximum Gasteiger partial charge on any atom is 0.233 e. The van der Waals surface area contributed by atoms with Gasteiger partial charge in [-0.25, -0.2) is 10.2 Å². The zero-order chi connectivity index (χ0) is 15.2. The predicted octanol–water partition coefficient (Wildman–Crippen LogP) is 2.34. The highest BCUT2D eigenvalue weighted by Crippen LogP contribution is 2.26. The van der Waals surface area contributed by atoms with Crippen molar-refractivity contribution >= 4 is 23.1 Å². The molecular weight excluding hydrogens is 293 g/mol. The number of carbonyl (C=O) groups excluding carboxylic acids is 1. The van der Waals surface area contributed by atoms with Crippen LogP contribution < -0.4 is 11.3 Å². The van der Waals surface area contributed by atoms with Gasteiger partial charge >= 0.3 is 0 Å². The number of carbonyl (C=O) groups is 1. The van der Waals surface area contributed by atoms with E-state index in [1.54, 1.807) is 12.1 Å². The van der Waals surface area contributed by atoms with Crippen molar-refractivity contribution in [3.05, 3.63) is 40.7 Å². The molecule has 0 unspecified atom stereocenters. The number of nitrogens with two attached hydrogens (primary N) is 1. The van der Waals surface area contributed by atoms with Crippen LogP contribution in [-0.4, -0.2) is 30.4 Å². The van der Waals surface area contributed by atoms with Crippen LogP contribution in [0.2, 0.25) is 5.02 Å². The highest BCUT2D eigenvalue weighted by molar-refractivity contribution is 6.30. The molecule has 3 N–H and O–H groups in total. The van der Waals surface area contributed by atoms with Gasteiger partial charge in [0.1, 0.15) is 5.82 Å². The molecule has 0 saturated carbocycles. The zero-order valence-electron chi connectivity index (χ0n) is 11.7. The molecular formula is C15H19ClFN3O. The molecule has 114 valence electrons. The first-order chi connectivity index (χ1) is 10.1. The minimum atomic E-state index is -0.392. The van der Waals surface area contributed by atoms with Crippen molar-refractivity contribution < 1.29 is 9.18 Å². The molecule has 1 aromatic carbocycles. The summed E-state index contributed by atoms with van der Waals surface area (Å²) in [6.07, 6.45) is 4.26. The Hall–Kier alpha value is -1.43. The van der Waals surface area contributed by atoms with E-state index in [0.29, 0.717) is 6.42 Å². The van der Waals surface area contributed by atoms with Crippen LogP contribution in [0, 0.1) is 5.82 Å². The summed E-state index contributed by atoms with van der Waals surface area (Å²) >= 11 is 5.81. The molecule has 0 saturated heterocycles. The van der Waals surface area contributed by atoms with Crippen LogP contribution in [0.15, 0.2) is 24.3 Å². The summed E-state index contributed by atoms with van der Waals surface area (Å²) in [6.45, 7) is 2.61. The molecule has 0 atom stereocenters. The fraction of sp³-hybridized carbons (Fsp3) is 0.400. The molecule has 0 spiro atoms. The second-order valence-electron chi connectivity index (χ2n) is 5.08. The first-order valence-corrected chi connectivity index (χ1v) is 7.34. The summed E-state index contributed by atoms with van der Waals surface area (Å²) in [7, 11) is 0. The lowest BCUT2D eigenvalue weighted by atomic mass is 9.99. The Morgan fingerprint density at radius 3 is 2.90 bits per heavy atom. The number of hydrogen-bond acceptors (Lipinski definition) is 3. The van der Waals surface area contributed by atoms with E-state index >= 15 is 0 Å². The van der Waals surface area contributed by atoms with Crippen LogP contribution in [0.1, 0.15) is 24.8 Å². The molecule has 1 amide bonds. The largest absolute Gasteiger partial charge is 0.299 e. The lowest BCUT2D eigenvalue weighted by molar-refractivity contribution is -0.121. The number of hydrogen-bond donors (Lipinski definition) is 2. The van der Waals surface area contributed by atoms with Crippen molar-refractivity contribution in [1.82, 2.24) is 10.3 Å². The van der Waals surface area contributed by atoms with Gasteiger partial charge in [0, 0.05) is 19.5 Å². The molecule has 0 bridgehead atoms. The fourth-order valence-corrected chi connectivity index (χ4v) is 2.59.